The van der Waals surface area contributed by atoms with Gasteiger partial charge in [0.25, 0.3) is 0 Å². The molecule has 4 heteroatoms. The molecule has 0 N–H and O–H groups in total. The molecule has 0 spiro atoms. The fourth-order valence-electron chi connectivity index (χ4n) is 1.71. The molecule has 0 atom stereocenters. The summed E-state index contributed by atoms with van der Waals surface area (Å²) in [6.45, 7) is 5.85. The Morgan fingerprint density at radius 1 is 1.00 bits per heavy atom. The van der Waals surface area contributed by atoms with Gasteiger partial charge in [0, 0.05) is 31.5 Å². The molecule has 0 aliphatic carbocycles. The summed E-state index contributed by atoms with van der Waals surface area (Å²) >= 11 is 3.44. The molecule has 1 fully saturated rings. The van der Waals surface area contributed by atoms with E-state index >= 15 is 0 Å². The van der Waals surface area contributed by atoms with Crippen LogP contribution in [0.2, 0.25) is 0 Å². The lowest BCUT2D eigenvalue weighted by molar-refractivity contribution is 0.245. The molecule has 1 aliphatic rings. The standard InChI is InChI=1S/C9H18BrFN2/c10-2-6-12-4-1-5-13(7-3-11)9-8-12/h1-9H2. The Kier molecular flexibility index (Phi) is 5.91. The van der Waals surface area contributed by atoms with Crippen LogP contribution in [0.1, 0.15) is 6.42 Å². The average molecular weight is 253 g/mol. The van der Waals surface area contributed by atoms with E-state index < -0.39 is 0 Å². The summed E-state index contributed by atoms with van der Waals surface area (Å²) in [5, 5.41) is 1.04. The number of rotatable bonds is 4. The zero-order valence-corrected chi connectivity index (χ0v) is 9.60. The van der Waals surface area contributed by atoms with Crippen molar-refractivity contribution in [3.8, 4) is 0 Å². The van der Waals surface area contributed by atoms with Crippen molar-refractivity contribution in [2.75, 3.05) is 51.3 Å². The highest BCUT2D eigenvalue weighted by Gasteiger charge is 2.13. The fourth-order valence-corrected chi connectivity index (χ4v) is 2.21. The van der Waals surface area contributed by atoms with Crippen LogP contribution in [-0.2, 0) is 0 Å². The minimum Gasteiger partial charge on any atom is -0.301 e. The van der Waals surface area contributed by atoms with Crippen molar-refractivity contribution in [1.82, 2.24) is 9.80 Å². The first kappa shape index (κ1) is 11.4. The normalized spacial score (nSPS) is 21.7. The van der Waals surface area contributed by atoms with Gasteiger partial charge in [-0.05, 0) is 19.5 Å². The van der Waals surface area contributed by atoms with Gasteiger partial charge in [-0.3, -0.25) is 4.90 Å². The van der Waals surface area contributed by atoms with Crippen LogP contribution >= 0.6 is 15.9 Å². The maximum absolute atomic E-state index is 12.1. The molecule has 2 nitrogen and oxygen atoms in total. The molecular weight excluding hydrogens is 235 g/mol. The molecule has 0 bridgehead atoms. The Bertz CT molecular complexity index is 121. The first-order valence-corrected chi connectivity index (χ1v) is 6.05. The first-order valence-electron chi connectivity index (χ1n) is 4.93. The lowest BCUT2D eigenvalue weighted by Gasteiger charge is -2.19. The minimum atomic E-state index is -0.210. The topological polar surface area (TPSA) is 6.48 Å². The Hall–Kier alpha value is 0.330. The summed E-state index contributed by atoms with van der Waals surface area (Å²) in [5.74, 6) is 0. The summed E-state index contributed by atoms with van der Waals surface area (Å²) in [4.78, 5) is 4.65. The number of hydrogen-bond acceptors (Lipinski definition) is 2. The van der Waals surface area contributed by atoms with E-state index in [2.05, 4.69) is 25.7 Å². The van der Waals surface area contributed by atoms with Crippen molar-refractivity contribution in [1.29, 1.82) is 0 Å². The molecule has 1 rings (SSSR count). The Balaban J connectivity index is 2.22. The van der Waals surface area contributed by atoms with Crippen LogP contribution in [0.15, 0.2) is 0 Å². The van der Waals surface area contributed by atoms with E-state index in [9.17, 15) is 4.39 Å². The first-order chi connectivity index (χ1) is 6.36. The van der Waals surface area contributed by atoms with Crippen molar-refractivity contribution in [2.24, 2.45) is 0 Å². The third-order valence-corrected chi connectivity index (χ3v) is 2.84. The second-order valence-electron chi connectivity index (χ2n) is 3.41. The van der Waals surface area contributed by atoms with Crippen LogP contribution in [0.3, 0.4) is 0 Å². The molecule has 0 aromatic carbocycles. The summed E-state index contributed by atoms with van der Waals surface area (Å²) in [5.41, 5.74) is 0. The molecule has 1 saturated heterocycles. The van der Waals surface area contributed by atoms with Gasteiger partial charge in [0.1, 0.15) is 6.67 Å². The summed E-state index contributed by atoms with van der Waals surface area (Å²) in [6.07, 6.45) is 1.17. The molecular formula is C9H18BrFN2. The van der Waals surface area contributed by atoms with Crippen LogP contribution < -0.4 is 0 Å². The summed E-state index contributed by atoms with van der Waals surface area (Å²) < 4.78 is 12.1. The predicted molar refractivity (Wildman–Crippen MR) is 57.3 cm³/mol. The van der Waals surface area contributed by atoms with Gasteiger partial charge in [-0.15, -0.1) is 0 Å². The van der Waals surface area contributed by atoms with E-state index in [-0.39, 0.29) is 6.67 Å². The van der Waals surface area contributed by atoms with E-state index in [1.165, 1.54) is 6.42 Å². The van der Waals surface area contributed by atoms with Crippen LogP contribution in [0.4, 0.5) is 4.39 Å². The van der Waals surface area contributed by atoms with Crippen molar-refractivity contribution in [3.63, 3.8) is 0 Å². The van der Waals surface area contributed by atoms with Gasteiger partial charge in [-0.2, -0.15) is 0 Å². The molecule has 0 saturated carbocycles. The Morgan fingerprint density at radius 3 is 2.15 bits per heavy atom. The van der Waals surface area contributed by atoms with Gasteiger partial charge in [0.2, 0.25) is 0 Å². The smallest absolute Gasteiger partial charge is 0.102 e. The van der Waals surface area contributed by atoms with E-state index in [1.807, 2.05) is 0 Å². The van der Waals surface area contributed by atoms with Gasteiger partial charge in [-0.1, -0.05) is 15.9 Å². The largest absolute Gasteiger partial charge is 0.301 e. The molecule has 0 amide bonds. The van der Waals surface area contributed by atoms with Gasteiger partial charge < -0.3 is 4.90 Å². The van der Waals surface area contributed by atoms with Crippen molar-refractivity contribution >= 4 is 15.9 Å². The maximum atomic E-state index is 12.1. The van der Waals surface area contributed by atoms with Crippen molar-refractivity contribution < 1.29 is 4.39 Å². The lowest BCUT2D eigenvalue weighted by atomic mass is 10.4. The molecule has 0 radical (unpaired) electrons. The van der Waals surface area contributed by atoms with E-state index in [0.29, 0.717) is 6.54 Å². The zero-order chi connectivity index (χ0) is 9.52. The van der Waals surface area contributed by atoms with Crippen LogP contribution in [-0.4, -0.2) is 61.1 Å². The highest BCUT2D eigenvalue weighted by atomic mass is 79.9. The number of halogens is 2. The Labute approximate surface area is 88.2 Å². The molecule has 1 heterocycles. The van der Waals surface area contributed by atoms with E-state index in [4.69, 9.17) is 0 Å². The minimum absolute atomic E-state index is 0.210. The van der Waals surface area contributed by atoms with Gasteiger partial charge in [-0.25, -0.2) is 4.39 Å². The van der Waals surface area contributed by atoms with Crippen LogP contribution in [0, 0.1) is 0 Å². The van der Waals surface area contributed by atoms with Gasteiger partial charge in [0.15, 0.2) is 0 Å². The molecule has 13 heavy (non-hydrogen) atoms. The Morgan fingerprint density at radius 2 is 1.62 bits per heavy atom. The van der Waals surface area contributed by atoms with E-state index in [0.717, 1.165) is 38.1 Å². The van der Waals surface area contributed by atoms with Crippen molar-refractivity contribution in [3.05, 3.63) is 0 Å². The molecule has 0 aromatic rings. The molecule has 0 unspecified atom stereocenters. The van der Waals surface area contributed by atoms with Gasteiger partial charge >= 0.3 is 0 Å². The fraction of sp³-hybridized carbons (Fsp3) is 1.00. The second-order valence-corrected chi connectivity index (χ2v) is 4.21. The molecule has 78 valence electrons. The predicted octanol–water partition coefficient (Wildman–Crippen LogP) is 1.36. The number of hydrogen-bond donors (Lipinski definition) is 0. The quantitative estimate of drug-likeness (QED) is 0.698. The second kappa shape index (κ2) is 6.74. The lowest BCUT2D eigenvalue weighted by Crippen LogP contribution is -2.32. The monoisotopic (exact) mass is 252 g/mol. The summed E-state index contributed by atoms with van der Waals surface area (Å²) in [6, 6.07) is 0. The number of nitrogens with zero attached hydrogens (tertiary/aromatic N) is 2. The highest BCUT2D eigenvalue weighted by Crippen LogP contribution is 2.03. The average Bonchev–Trinajstić information content (AvgIpc) is 2.33. The SMILES string of the molecule is FCCN1CCCN(CCBr)CC1. The third kappa shape index (κ3) is 4.38. The highest BCUT2D eigenvalue weighted by molar-refractivity contribution is 9.09. The maximum Gasteiger partial charge on any atom is 0.102 e. The molecule has 1 aliphatic heterocycles. The number of alkyl halides is 2. The van der Waals surface area contributed by atoms with Crippen LogP contribution in [0.25, 0.3) is 0 Å². The van der Waals surface area contributed by atoms with Crippen LogP contribution in [0.5, 0.6) is 0 Å². The van der Waals surface area contributed by atoms with Gasteiger partial charge in [0.05, 0.1) is 0 Å². The van der Waals surface area contributed by atoms with Crippen molar-refractivity contribution in [2.45, 2.75) is 6.42 Å². The molecule has 0 aromatic heterocycles. The third-order valence-electron chi connectivity index (χ3n) is 2.48. The summed E-state index contributed by atoms with van der Waals surface area (Å²) in [7, 11) is 0. The zero-order valence-electron chi connectivity index (χ0n) is 8.01. The van der Waals surface area contributed by atoms with E-state index in [1.54, 1.807) is 0 Å².